The van der Waals surface area contributed by atoms with E-state index >= 15 is 0 Å². The Labute approximate surface area is 132 Å². The Morgan fingerprint density at radius 3 is 2.90 bits per heavy atom. The first-order valence-electron chi connectivity index (χ1n) is 7.87. The van der Waals surface area contributed by atoms with E-state index in [2.05, 4.69) is 12.2 Å². The van der Waals surface area contributed by atoms with Gasteiger partial charge in [-0.15, -0.1) is 11.3 Å². The highest BCUT2D eigenvalue weighted by Crippen LogP contribution is 2.29. The minimum atomic E-state index is -3.32. The summed E-state index contributed by atoms with van der Waals surface area (Å²) >= 11 is 1.40. The van der Waals surface area contributed by atoms with Crippen molar-refractivity contribution in [2.24, 2.45) is 0 Å². The van der Waals surface area contributed by atoms with Gasteiger partial charge >= 0.3 is 0 Å². The SMILES string of the molecule is CCCNCc1ccc(S(=O)(=O)N2CCCCCC2C)s1. The lowest BCUT2D eigenvalue weighted by atomic mass is 10.1. The molecule has 0 radical (unpaired) electrons. The molecule has 6 heteroatoms. The first kappa shape index (κ1) is 16.9. The van der Waals surface area contributed by atoms with Gasteiger partial charge in [-0.3, -0.25) is 0 Å². The molecule has 1 fully saturated rings. The maximum Gasteiger partial charge on any atom is 0.252 e. The Bertz CT molecular complexity index is 540. The first-order valence-corrected chi connectivity index (χ1v) is 10.1. The van der Waals surface area contributed by atoms with Crippen molar-refractivity contribution in [3.05, 3.63) is 17.0 Å². The van der Waals surface area contributed by atoms with E-state index in [0.717, 1.165) is 50.1 Å². The second-order valence-corrected chi connectivity index (χ2v) is 9.00. The van der Waals surface area contributed by atoms with E-state index in [1.54, 1.807) is 10.4 Å². The van der Waals surface area contributed by atoms with Gasteiger partial charge in [0.05, 0.1) is 0 Å². The highest BCUT2D eigenvalue weighted by Gasteiger charge is 2.30. The molecule has 0 bridgehead atoms. The fourth-order valence-corrected chi connectivity index (χ4v) is 5.86. The van der Waals surface area contributed by atoms with Crippen LogP contribution in [0.5, 0.6) is 0 Å². The zero-order valence-electron chi connectivity index (χ0n) is 13.0. The van der Waals surface area contributed by atoms with Crippen LogP contribution < -0.4 is 5.32 Å². The van der Waals surface area contributed by atoms with E-state index in [1.807, 2.05) is 13.0 Å². The highest BCUT2D eigenvalue weighted by molar-refractivity contribution is 7.91. The maximum atomic E-state index is 12.8. The van der Waals surface area contributed by atoms with E-state index in [1.165, 1.54) is 11.3 Å². The van der Waals surface area contributed by atoms with Crippen LogP contribution >= 0.6 is 11.3 Å². The summed E-state index contributed by atoms with van der Waals surface area (Å²) in [5.74, 6) is 0. The Kier molecular flexibility index (Phi) is 6.22. The third-order valence-electron chi connectivity index (χ3n) is 3.92. The summed E-state index contributed by atoms with van der Waals surface area (Å²) in [6, 6.07) is 3.81. The Balaban J connectivity index is 2.11. The molecule has 1 N–H and O–H groups in total. The van der Waals surface area contributed by atoms with E-state index in [9.17, 15) is 8.42 Å². The van der Waals surface area contributed by atoms with Gasteiger partial charge in [0.2, 0.25) is 0 Å². The number of rotatable bonds is 6. The van der Waals surface area contributed by atoms with Crippen molar-refractivity contribution < 1.29 is 8.42 Å². The van der Waals surface area contributed by atoms with E-state index in [0.29, 0.717) is 10.8 Å². The topological polar surface area (TPSA) is 49.4 Å². The second kappa shape index (κ2) is 7.72. The quantitative estimate of drug-likeness (QED) is 0.815. The third-order valence-corrected chi connectivity index (χ3v) is 7.48. The molecule has 21 heavy (non-hydrogen) atoms. The third kappa shape index (κ3) is 4.28. The molecule has 1 aromatic heterocycles. The number of sulfonamides is 1. The van der Waals surface area contributed by atoms with Gasteiger partial charge in [0.25, 0.3) is 10.0 Å². The fourth-order valence-electron chi connectivity index (χ4n) is 2.70. The van der Waals surface area contributed by atoms with Crippen LogP contribution in [0.15, 0.2) is 16.3 Å². The summed E-state index contributed by atoms with van der Waals surface area (Å²) in [4.78, 5) is 1.09. The van der Waals surface area contributed by atoms with Crippen LogP contribution in [-0.2, 0) is 16.6 Å². The summed E-state index contributed by atoms with van der Waals surface area (Å²) in [5.41, 5.74) is 0. The molecule has 0 saturated carbocycles. The van der Waals surface area contributed by atoms with Crippen molar-refractivity contribution in [2.45, 2.75) is 62.7 Å². The van der Waals surface area contributed by atoms with Crippen LogP contribution in [0, 0.1) is 0 Å². The molecule has 0 aliphatic carbocycles. The summed E-state index contributed by atoms with van der Waals surface area (Å²) in [6.07, 6.45) is 5.29. The lowest BCUT2D eigenvalue weighted by Gasteiger charge is -2.25. The minimum Gasteiger partial charge on any atom is -0.312 e. The lowest BCUT2D eigenvalue weighted by Crippen LogP contribution is -2.37. The largest absolute Gasteiger partial charge is 0.312 e. The number of hydrogen-bond donors (Lipinski definition) is 1. The molecule has 2 heterocycles. The van der Waals surface area contributed by atoms with Gasteiger partial charge in [-0.1, -0.05) is 19.8 Å². The van der Waals surface area contributed by atoms with Crippen LogP contribution in [0.1, 0.15) is 50.8 Å². The van der Waals surface area contributed by atoms with Gasteiger partial charge in [0, 0.05) is 24.0 Å². The average Bonchev–Trinajstić information content (AvgIpc) is 2.82. The highest BCUT2D eigenvalue weighted by atomic mass is 32.2. The van der Waals surface area contributed by atoms with E-state index in [-0.39, 0.29) is 6.04 Å². The van der Waals surface area contributed by atoms with Gasteiger partial charge in [0.1, 0.15) is 4.21 Å². The summed E-state index contributed by atoms with van der Waals surface area (Å²) < 4.78 is 27.8. The van der Waals surface area contributed by atoms with Crippen molar-refractivity contribution in [1.82, 2.24) is 9.62 Å². The van der Waals surface area contributed by atoms with Gasteiger partial charge in [-0.25, -0.2) is 8.42 Å². The maximum absolute atomic E-state index is 12.8. The molecule has 1 unspecified atom stereocenters. The van der Waals surface area contributed by atoms with Gasteiger partial charge in [0.15, 0.2) is 0 Å². The predicted octanol–water partition coefficient (Wildman–Crippen LogP) is 3.20. The standard InChI is InChI=1S/C15H26N2O2S2/c1-3-10-16-12-14-8-9-15(20-14)21(18,19)17-11-6-4-5-7-13(17)2/h8-9,13,16H,3-7,10-12H2,1-2H3. The molecule has 1 aliphatic heterocycles. The summed E-state index contributed by atoms with van der Waals surface area (Å²) in [6.45, 7) is 6.52. The van der Waals surface area contributed by atoms with Crippen molar-refractivity contribution >= 4 is 21.4 Å². The second-order valence-electron chi connectivity index (χ2n) is 5.71. The van der Waals surface area contributed by atoms with Gasteiger partial charge in [-0.2, -0.15) is 4.31 Å². The van der Waals surface area contributed by atoms with Crippen LogP contribution in [0.2, 0.25) is 0 Å². The van der Waals surface area contributed by atoms with Crippen molar-refractivity contribution in [2.75, 3.05) is 13.1 Å². The minimum absolute atomic E-state index is 0.112. The number of hydrogen-bond acceptors (Lipinski definition) is 4. The van der Waals surface area contributed by atoms with Crippen LogP contribution in [0.4, 0.5) is 0 Å². The lowest BCUT2D eigenvalue weighted by molar-refractivity contribution is 0.343. The molecular formula is C15H26N2O2S2. The van der Waals surface area contributed by atoms with Crippen LogP contribution in [-0.4, -0.2) is 31.9 Å². The van der Waals surface area contributed by atoms with Crippen molar-refractivity contribution in [3.63, 3.8) is 0 Å². The molecular weight excluding hydrogens is 304 g/mol. The Morgan fingerprint density at radius 2 is 2.14 bits per heavy atom. The zero-order chi connectivity index (χ0) is 15.3. The summed E-state index contributed by atoms with van der Waals surface area (Å²) in [7, 11) is -3.32. The predicted molar refractivity (Wildman–Crippen MR) is 88.1 cm³/mol. The van der Waals surface area contributed by atoms with E-state index in [4.69, 9.17) is 0 Å². The molecule has 0 spiro atoms. The number of nitrogens with zero attached hydrogens (tertiary/aromatic N) is 1. The molecule has 2 rings (SSSR count). The van der Waals surface area contributed by atoms with E-state index < -0.39 is 10.0 Å². The smallest absolute Gasteiger partial charge is 0.252 e. The fraction of sp³-hybridized carbons (Fsp3) is 0.733. The molecule has 0 aromatic carbocycles. The molecule has 1 aliphatic rings. The molecule has 1 saturated heterocycles. The van der Waals surface area contributed by atoms with Crippen LogP contribution in [0.3, 0.4) is 0 Å². The first-order chi connectivity index (χ1) is 10.1. The summed E-state index contributed by atoms with van der Waals surface area (Å²) in [5, 5.41) is 3.32. The average molecular weight is 331 g/mol. The molecule has 0 amide bonds. The number of nitrogens with one attached hydrogen (secondary N) is 1. The van der Waals surface area contributed by atoms with Gasteiger partial charge in [-0.05, 0) is 44.9 Å². The molecule has 1 aromatic rings. The van der Waals surface area contributed by atoms with Crippen LogP contribution in [0.25, 0.3) is 0 Å². The van der Waals surface area contributed by atoms with Gasteiger partial charge < -0.3 is 5.32 Å². The zero-order valence-corrected chi connectivity index (χ0v) is 14.6. The van der Waals surface area contributed by atoms with Crippen molar-refractivity contribution in [3.8, 4) is 0 Å². The van der Waals surface area contributed by atoms with Crippen molar-refractivity contribution in [1.29, 1.82) is 0 Å². The molecule has 1 atom stereocenters. The molecule has 120 valence electrons. The molecule has 4 nitrogen and oxygen atoms in total. The normalized spacial score (nSPS) is 21.3. The monoisotopic (exact) mass is 330 g/mol. The Morgan fingerprint density at radius 1 is 1.33 bits per heavy atom. The Hall–Kier alpha value is -0.430. The number of thiophene rings is 1.